The van der Waals surface area contributed by atoms with Crippen molar-refractivity contribution in [3.8, 4) is 11.8 Å². The Morgan fingerprint density at radius 2 is 1.53 bits per heavy atom. The van der Waals surface area contributed by atoms with Gasteiger partial charge in [0.05, 0.1) is 0 Å². The number of benzene rings is 3. The second-order valence-corrected chi connectivity index (χ2v) is 8.05. The third-order valence-electron chi connectivity index (χ3n) is 5.31. The first-order valence-electron chi connectivity index (χ1n) is 11.4. The Hall–Kier alpha value is -4.72. The van der Waals surface area contributed by atoms with Crippen LogP contribution in [0.2, 0.25) is 0 Å². The lowest BCUT2D eigenvalue weighted by Gasteiger charge is -2.19. The summed E-state index contributed by atoms with van der Waals surface area (Å²) in [6, 6.07) is 25.1. The molecule has 182 valence electrons. The molecule has 0 unspecified atom stereocenters. The Labute approximate surface area is 209 Å². The van der Waals surface area contributed by atoms with Crippen molar-refractivity contribution in [1.29, 1.82) is 0 Å². The molecule has 0 aliphatic rings. The van der Waals surface area contributed by atoms with E-state index in [1.165, 1.54) is 0 Å². The number of nitrogens with zero attached hydrogens (tertiary/aromatic N) is 2. The van der Waals surface area contributed by atoms with Crippen LogP contribution in [0.25, 0.3) is 0 Å². The smallest absolute Gasteiger partial charge is 0.408 e. The summed E-state index contributed by atoms with van der Waals surface area (Å²) in [7, 11) is 0. The van der Waals surface area contributed by atoms with Crippen molar-refractivity contribution in [1.82, 2.24) is 15.3 Å². The van der Waals surface area contributed by atoms with Crippen molar-refractivity contribution in [2.75, 3.05) is 5.32 Å². The van der Waals surface area contributed by atoms with Gasteiger partial charge in [0.1, 0.15) is 18.4 Å². The molecule has 0 aliphatic heterocycles. The fourth-order valence-corrected chi connectivity index (χ4v) is 3.47. The molecular weight excluding hydrogens is 456 g/mol. The summed E-state index contributed by atoms with van der Waals surface area (Å²) < 4.78 is 11.0. The first kappa shape index (κ1) is 24.4. The van der Waals surface area contributed by atoms with E-state index >= 15 is 0 Å². The molecule has 4 rings (SSSR count). The van der Waals surface area contributed by atoms with Crippen molar-refractivity contribution in [3.63, 3.8) is 0 Å². The first-order chi connectivity index (χ1) is 17.6. The van der Waals surface area contributed by atoms with Crippen molar-refractivity contribution in [2.24, 2.45) is 0 Å². The maximum Gasteiger partial charge on any atom is 0.408 e. The predicted molar refractivity (Wildman–Crippen MR) is 136 cm³/mol. The number of carbonyl (C=O) groups is 2. The van der Waals surface area contributed by atoms with E-state index in [1.807, 2.05) is 67.6 Å². The normalized spacial score (nSPS) is 11.2. The van der Waals surface area contributed by atoms with Crippen molar-refractivity contribution in [2.45, 2.75) is 26.0 Å². The molecular formula is C28H26N4O4. The number of aromatic nitrogens is 2. The molecule has 0 radical (unpaired) electrons. The van der Waals surface area contributed by atoms with Crippen LogP contribution in [0.4, 0.5) is 10.5 Å². The van der Waals surface area contributed by atoms with Crippen LogP contribution in [0, 0.1) is 6.92 Å². The lowest BCUT2D eigenvalue weighted by atomic mass is 10.0. The quantitative estimate of drug-likeness (QED) is 0.346. The third-order valence-corrected chi connectivity index (χ3v) is 5.31. The summed E-state index contributed by atoms with van der Waals surface area (Å²) in [5.74, 6) is 0.179. The number of hydrogen-bond donors (Lipinski definition) is 2. The van der Waals surface area contributed by atoms with Gasteiger partial charge in [-0.3, -0.25) is 4.79 Å². The number of anilines is 1. The molecule has 1 aromatic heterocycles. The van der Waals surface area contributed by atoms with Crippen molar-refractivity contribution >= 4 is 17.7 Å². The predicted octanol–water partition coefficient (Wildman–Crippen LogP) is 5.05. The van der Waals surface area contributed by atoms with Gasteiger partial charge >= 0.3 is 12.1 Å². The number of aryl methyl sites for hydroxylation is 1. The Morgan fingerprint density at radius 3 is 2.19 bits per heavy atom. The Kier molecular flexibility index (Phi) is 8.22. The molecule has 2 N–H and O–H groups in total. The van der Waals surface area contributed by atoms with Gasteiger partial charge in [0.15, 0.2) is 0 Å². The highest BCUT2D eigenvalue weighted by Crippen LogP contribution is 2.24. The molecule has 1 heterocycles. The van der Waals surface area contributed by atoms with Gasteiger partial charge in [0.25, 0.3) is 0 Å². The van der Waals surface area contributed by atoms with Crippen LogP contribution in [0.3, 0.4) is 0 Å². The molecule has 3 aromatic carbocycles. The molecule has 0 spiro atoms. The zero-order valence-electron chi connectivity index (χ0n) is 19.8. The first-order valence-corrected chi connectivity index (χ1v) is 11.4. The van der Waals surface area contributed by atoms with E-state index in [2.05, 4.69) is 20.6 Å². The Morgan fingerprint density at radius 1 is 0.861 bits per heavy atom. The number of hydrogen-bond acceptors (Lipinski definition) is 6. The van der Waals surface area contributed by atoms with Crippen LogP contribution in [-0.4, -0.2) is 28.0 Å². The molecule has 8 nitrogen and oxygen atoms in total. The Bertz CT molecular complexity index is 1280. The summed E-state index contributed by atoms with van der Waals surface area (Å²) >= 11 is 0. The molecule has 36 heavy (non-hydrogen) atoms. The lowest BCUT2D eigenvalue weighted by molar-refractivity contribution is -0.118. The zero-order chi connectivity index (χ0) is 25.2. The summed E-state index contributed by atoms with van der Waals surface area (Å²) in [4.78, 5) is 33.8. The molecule has 0 saturated heterocycles. The fraction of sp³-hybridized carbons (Fsp3) is 0.143. The van der Waals surface area contributed by atoms with E-state index in [4.69, 9.17) is 9.47 Å². The van der Waals surface area contributed by atoms with E-state index in [0.717, 1.165) is 16.7 Å². The molecule has 2 amide bonds. The molecule has 1 atom stereocenters. The highest BCUT2D eigenvalue weighted by molar-refractivity contribution is 5.97. The van der Waals surface area contributed by atoms with Gasteiger partial charge in [-0.15, -0.1) is 0 Å². The monoisotopic (exact) mass is 482 g/mol. The van der Waals surface area contributed by atoms with Gasteiger partial charge in [-0.25, -0.2) is 14.8 Å². The number of nitrogens with one attached hydrogen (secondary N) is 2. The van der Waals surface area contributed by atoms with Gasteiger partial charge in [0, 0.05) is 24.5 Å². The fourth-order valence-electron chi connectivity index (χ4n) is 3.47. The SMILES string of the molecule is Cc1cc(Oc2ncccn2)ccc1NC(=O)[C@H](Cc1ccccc1)NC(=O)OCc1ccccc1. The maximum atomic E-state index is 13.2. The van der Waals surface area contributed by atoms with Crippen LogP contribution in [0.5, 0.6) is 11.8 Å². The second-order valence-electron chi connectivity index (χ2n) is 8.05. The van der Waals surface area contributed by atoms with Crippen LogP contribution in [-0.2, 0) is 22.6 Å². The highest BCUT2D eigenvalue weighted by atomic mass is 16.5. The van der Waals surface area contributed by atoms with Crippen LogP contribution < -0.4 is 15.4 Å². The zero-order valence-corrected chi connectivity index (χ0v) is 19.8. The van der Waals surface area contributed by atoms with E-state index in [9.17, 15) is 9.59 Å². The van der Waals surface area contributed by atoms with Gasteiger partial charge < -0.3 is 20.1 Å². The van der Waals surface area contributed by atoms with E-state index < -0.39 is 12.1 Å². The largest absolute Gasteiger partial charge is 0.445 e. The van der Waals surface area contributed by atoms with Gasteiger partial charge in [-0.05, 0) is 47.9 Å². The molecule has 0 aliphatic carbocycles. The average Bonchev–Trinajstić information content (AvgIpc) is 2.90. The van der Waals surface area contributed by atoms with Crippen LogP contribution in [0.15, 0.2) is 97.3 Å². The number of ether oxygens (including phenoxy) is 2. The second kappa shape index (κ2) is 12.1. The molecule has 0 saturated carbocycles. The van der Waals surface area contributed by atoms with E-state index in [1.54, 1.807) is 36.7 Å². The minimum absolute atomic E-state index is 0.109. The standard InChI is InChI=1S/C28H26N4O4/c1-20-17-23(36-27-29-15-8-16-30-27)13-14-24(20)31-26(33)25(18-21-9-4-2-5-10-21)32-28(34)35-19-22-11-6-3-7-12-22/h2-17,25H,18-19H2,1H3,(H,31,33)(H,32,34)/t25-/m0/s1. The van der Waals surface area contributed by atoms with Gasteiger partial charge in [0.2, 0.25) is 5.91 Å². The minimum atomic E-state index is -0.844. The number of carbonyl (C=O) groups excluding carboxylic acids is 2. The van der Waals surface area contributed by atoms with E-state index in [0.29, 0.717) is 17.9 Å². The number of amides is 2. The van der Waals surface area contributed by atoms with Crippen LogP contribution in [0.1, 0.15) is 16.7 Å². The molecule has 8 heteroatoms. The summed E-state index contributed by atoms with van der Waals surface area (Å²) in [5, 5.41) is 5.61. The topological polar surface area (TPSA) is 102 Å². The van der Waals surface area contributed by atoms with Gasteiger partial charge in [-0.2, -0.15) is 0 Å². The molecule has 0 fully saturated rings. The average molecular weight is 483 g/mol. The maximum absolute atomic E-state index is 13.2. The van der Waals surface area contributed by atoms with E-state index in [-0.39, 0.29) is 18.5 Å². The van der Waals surface area contributed by atoms with Gasteiger partial charge in [-0.1, -0.05) is 60.7 Å². The number of rotatable bonds is 9. The minimum Gasteiger partial charge on any atom is -0.445 e. The lowest BCUT2D eigenvalue weighted by Crippen LogP contribution is -2.45. The molecule has 0 bridgehead atoms. The van der Waals surface area contributed by atoms with Crippen molar-refractivity contribution in [3.05, 3.63) is 114 Å². The number of alkyl carbamates (subject to hydrolysis) is 1. The summed E-state index contributed by atoms with van der Waals surface area (Å²) in [5.41, 5.74) is 3.14. The highest BCUT2D eigenvalue weighted by Gasteiger charge is 2.23. The van der Waals surface area contributed by atoms with Crippen LogP contribution >= 0.6 is 0 Å². The summed E-state index contributed by atoms with van der Waals surface area (Å²) in [6.45, 7) is 1.96. The van der Waals surface area contributed by atoms with Crippen molar-refractivity contribution < 1.29 is 19.1 Å². The summed E-state index contributed by atoms with van der Waals surface area (Å²) in [6.07, 6.45) is 2.82. The molecule has 4 aromatic rings. The third kappa shape index (κ3) is 7.14. The Balaban J connectivity index is 1.43.